The molecule has 1 aromatic carbocycles. The second-order valence-electron chi connectivity index (χ2n) is 6.71. The van der Waals surface area contributed by atoms with Crippen LogP contribution in [0.2, 0.25) is 0 Å². The van der Waals surface area contributed by atoms with Gasteiger partial charge in [-0.2, -0.15) is 5.10 Å². The molecule has 0 radical (unpaired) electrons. The predicted molar refractivity (Wildman–Crippen MR) is 95.5 cm³/mol. The molecule has 132 valence electrons. The van der Waals surface area contributed by atoms with Crippen molar-refractivity contribution in [2.45, 2.75) is 45.4 Å². The van der Waals surface area contributed by atoms with Gasteiger partial charge in [-0.3, -0.25) is 9.89 Å². The van der Waals surface area contributed by atoms with E-state index in [1.54, 1.807) is 31.2 Å². The average Bonchev–Trinajstić information content (AvgIpc) is 2.98. The van der Waals surface area contributed by atoms with E-state index >= 15 is 0 Å². The number of carbonyl (C=O) groups excluding carboxylic acids is 1. The number of hydrogen-bond acceptors (Lipinski definition) is 3. The molecule has 0 bridgehead atoms. The van der Waals surface area contributed by atoms with Crippen LogP contribution in [0, 0.1) is 12.8 Å². The third kappa shape index (κ3) is 4.07. The van der Waals surface area contributed by atoms with Crippen LogP contribution in [0.15, 0.2) is 24.3 Å². The van der Waals surface area contributed by atoms with Crippen molar-refractivity contribution in [3.8, 4) is 11.1 Å². The van der Waals surface area contributed by atoms with Gasteiger partial charge < -0.3 is 10.4 Å². The average molecular weight is 341 g/mol. The smallest absolute Gasteiger partial charge is 0.357 e. The monoisotopic (exact) mass is 341 g/mol. The molecule has 0 saturated heterocycles. The van der Waals surface area contributed by atoms with E-state index in [1.807, 2.05) is 0 Å². The third-order valence-corrected chi connectivity index (χ3v) is 4.81. The van der Waals surface area contributed by atoms with Crippen molar-refractivity contribution in [3.05, 3.63) is 35.7 Å². The zero-order valence-electron chi connectivity index (χ0n) is 14.3. The Morgan fingerprint density at radius 2 is 1.88 bits per heavy atom. The lowest BCUT2D eigenvalue weighted by molar-refractivity contribution is -0.117. The molecular weight excluding hydrogens is 318 g/mol. The summed E-state index contributed by atoms with van der Waals surface area (Å²) in [7, 11) is 0. The van der Waals surface area contributed by atoms with Gasteiger partial charge in [-0.05, 0) is 43.4 Å². The van der Waals surface area contributed by atoms with E-state index in [9.17, 15) is 14.7 Å². The molecule has 2 aromatic rings. The molecule has 1 amide bonds. The molecule has 1 aliphatic rings. The van der Waals surface area contributed by atoms with Crippen LogP contribution in [0.5, 0.6) is 0 Å². The Labute approximate surface area is 146 Å². The van der Waals surface area contributed by atoms with Gasteiger partial charge in [0.25, 0.3) is 0 Å². The number of benzene rings is 1. The van der Waals surface area contributed by atoms with Crippen molar-refractivity contribution in [1.29, 1.82) is 0 Å². The minimum atomic E-state index is -1.07. The molecule has 3 N–H and O–H groups in total. The van der Waals surface area contributed by atoms with E-state index in [1.165, 1.54) is 19.3 Å². The quantitative estimate of drug-likeness (QED) is 0.766. The number of anilines is 1. The summed E-state index contributed by atoms with van der Waals surface area (Å²) in [6.07, 6.45) is 6.59. The van der Waals surface area contributed by atoms with Crippen LogP contribution in [0.1, 0.15) is 54.7 Å². The Bertz CT molecular complexity index is 759. The lowest BCUT2D eigenvalue weighted by Crippen LogP contribution is -2.18. The summed E-state index contributed by atoms with van der Waals surface area (Å²) >= 11 is 0. The van der Waals surface area contributed by atoms with E-state index in [-0.39, 0.29) is 11.6 Å². The minimum absolute atomic E-state index is 0.00610. The normalized spacial score (nSPS) is 15.1. The van der Waals surface area contributed by atoms with Crippen LogP contribution in [0.4, 0.5) is 5.69 Å². The molecule has 0 atom stereocenters. The minimum Gasteiger partial charge on any atom is -0.476 e. The lowest BCUT2D eigenvalue weighted by Gasteiger charge is -2.20. The Balaban J connectivity index is 1.67. The summed E-state index contributed by atoms with van der Waals surface area (Å²) in [5.74, 6) is -0.519. The first kappa shape index (κ1) is 17.2. The number of aryl methyl sites for hydroxylation is 1. The molecule has 1 heterocycles. The van der Waals surface area contributed by atoms with Crippen molar-refractivity contribution in [2.24, 2.45) is 5.92 Å². The summed E-state index contributed by atoms with van der Waals surface area (Å²) in [6.45, 7) is 1.79. The molecule has 1 fully saturated rings. The third-order valence-electron chi connectivity index (χ3n) is 4.81. The number of rotatable bonds is 5. The van der Waals surface area contributed by atoms with Gasteiger partial charge in [0, 0.05) is 23.4 Å². The first-order chi connectivity index (χ1) is 12.0. The standard InChI is InChI=1S/C19H23N3O3/c1-12-17(18(19(24)25)22-21-12)14-7-9-15(10-8-14)20-16(23)11-13-5-3-2-4-6-13/h7-10,13H,2-6,11H2,1H3,(H,20,23)(H,21,22)(H,24,25). The zero-order chi connectivity index (χ0) is 17.8. The van der Waals surface area contributed by atoms with Gasteiger partial charge in [0.05, 0.1) is 0 Å². The van der Waals surface area contributed by atoms with Gasteiger partial charge >= 0.3 is 5.97 Å². The number of carboxylic acid groups (broad SMARTS) is 1. The van der Waals surface area contributed by atoms with Crippen molar-refractivity contribution in [2.75, 3.05) is 5.32 Å². The highest BCUT2D eigenvalue weighted by atomic mass is 16.4. The SMILES string of the molecule is Cc1[nH]nc(C(=O)O)c1-c1ccc(NC(=O)CC2CCCCC2)cc1. The lowest BCUT2D eigenvalue weighted by atomic mass is 9.87. The second kappa shape index (κ2) is 7.51. The molecule has 25 heavy (non-hydrogen) atoms. The van der Waals surface area contributed by atoms with E-state index in [0.29, 0.717) is 23.6 Å². The van der Waals surface area contributed by atoms with Gasteiger partial charge in [0.1, 0.15) is 0 Å². The first-order valence-corrected chi connectivity index (χ1v) is 8.73. The fraction of sp³-hybridized carbons (Fsp3) is 0.421. The number of aromatic amines is 1. The molecule has 6 heteroatoms. The molecule has 3 rings (SSSR count). The maximum Gasteiger partial charge on any atom is 0.357 e. The molecule has 1 aromatic heterocycles. The van der Waals surface area contributed by atoms with Crippen LogP contribution >= 0.6 is 0 Å². The Kier molecular flexibility index (Phi) is 5.16. The summed E-state index contributed by atoms with van der Waals surface area (Å²) in [5, 5.41) is 18.7. The number of carbonyl (C=O) groups is 2. The number of amides is 1. The Morgan fingerprint density at radius 1 is 1.20 bits per heavy atom. The largest absolute Gasteiger partial charge is 0.476 e. The van der Waals surface area contributed by atoms with Crippen LogP contribution in [-0.2, 0) is 4.79 Å². The highest BCUT2D eigenvalue weighted by molar-refractivity contribution is 5.95. The maximum absolute atomic E-state index is 12.2. The van der Waals surface area contributed by atoms with Crippen molar-refractivity contribution in [3.63, 3.8) is 0 Å². The number of hydrogen-bond donors (Lipinski definition) is 3. The molecule has 1 saturated carbocycles. The van der Waals surface area contributed by atoms with Crippen LogP contribution < -0.4 is 5.32 Å². The fourth-order valence-electron chi connectivity index (χ4n) is 3.52. The number of carboxylic acids is 1. The summed E-state index contributed by atoms with van der Waals surface area (Å²) in [6, 6.07) is 7.21. The highest BCUT2D eigenvalue weighted by Gasteiger charge is 2.19. The van der Waals surface area contributed by atoms with Crippen LogP contribution in [-0.4, -0.2) is 27.2 Å². The second-order valence-corrected chi connectivity index (χ2v) is 6.71. The number of aromatic carboxylic acids is 1. The topological polar surface area (TPSA) is 95.1 Å². The van der Waals surface area contributed by atoms with Gasteiger partial charge in [-0.25, -0.2) is 4.79 Å². The number of aromatic nitrogens is 2. The first-order valence-electron chi connectivity index (χ1n) is 8.73. The fourth-order valence-corrected chi connectivity index (χ4v) is 3.52. The van der Waals surface area contributed by atoms with E-state index < -0.39 is 5.97 Å². The van der Waals surface area contributed by atoms with Crippen LogP contribution in [0.25, 0.3) is 11.1 Å². The Hall–Kier alpha value is -2.63. The molecule has 6 nitrogen and oxygen atoms in total. The van der Waals surface area contributed by atoms with Gasteiger partial charge in [0.15, 0.2) is 5.69 Å². The molecule has 0 aliphatic heterocycles. The van der Waals surface area contributed by atoms with Crippen molar-refractivity contribution >= 4 is 17.6 Å². The summed E-state index contributed by atoms with van der Waals surface area (Å²) in [5.41, 5.74) is 2.77. The van der Waals surface area contributed by atoms with E-state index in [2.05, 4.69) is 15.5 Å². The predicted octanol–water partition coefficient (Wildman–Crippen LogP) is 3.99. The molecule has 0 spiro atoms. The van der Waals surface area contributed by atoms with Gasteiger partial charge in [-0.1, -0.05) is 31.4 Å². The molecule has 1 aliphatic carbocycles. The summed E-state index contributed by atoms with van der Waals surface area (Å²) in [4.78, 5) is 23.5. The maximum atomic E-state index is 12.2. The van der Waals surface area contributed by atoms with E-state index in [0.717, 1.165) is 24.1 Å². The van der Waals surface area contributed by atoms with Gasteiger partial charge in [-0.15, -0.1) is 0 Å². The Morgan fingerprint density at radius 3 is 2.52 bits per heavy atom. The number of nitrogens with zero attached hydrogens (tertiary/aromatic N) is 1. The van der Waals surface area contributed by atoms with E-state index in [4.69, 9.17) is 0 Å². The zero-order valence-corrected chi connectivity index (χ0v) is 14.3. The summed E-state index contributed by atoms with van der Waals surface area (Å²) < 4.78 is 0. The van der Waals surface area contributed by atoms with Gasteiger partial charge in [0.2, 0.25) is 5.91 Å². The molecule has 0 unspecified atom stereocenters. The van der Waals surface area contributed by atoms with Crippen LogP contribution in [0.3, 0.4) is 0 Å². The van der Waals surface area contributed by atoms with Crippen molar-refractivity contribution < 1.29 is 14.7 Å². The highest BCUT2D eigenvalue weighted by Crippen LogP contribution is 2.28. The van der Waals surface area contributed by atoms with Crippen molar-refractivity contribution in [1.82, 2.24) is 10.2 Å². The number of nitrogens with one attached hydrogen (secondary N) is 2. The number of H-pyrrole nitrogens is 1. The molecular formula is C19H23N3O3.